The molecule has 0 N–H and O–H groups in total. The van der Waals surface area contributed by atoms with Crippen LogP contribution in [-0.2, 0) is 17.9 Å². The van der Waals surface area contributed by atoms with Crippen molar-refractivity contribution in [3.8, 4) is 11.5 Å². The van der Waals surface area contributed by atoms with Crippen molar-refractivity contribution >= 4 is 11.8 Å². The van der Waals surface area contributed by atoms with Crippen LogP contribution in [-0.4, -0.2) is 49.4 Å². The Morgan fingerprint density at radius 2 is 1.71 bits per heavy atom. The number of rotatable bonds is 7. The minimum absolute atomic E-state index is 0.0569. The molecule has 3 rings (SSSR count). The van der Waals surface area contributed by atoms with Crippen molar-refractivity contribution in [3.05, 3.63) is 59.2 Å². The van der Waals surface area contributed by atoms with Crippen LogP contribution in [0.1, 0.15) is 34.3 Å². The topological polar surface area (TPSA) is 59.1 Å². The summed E-state index contributed by atoms with van der Waals surface area (Å²) in [7, 11) is 4.96. The number of ether oxygens (including phenoxy) is 2. The van der Waals surface area contributed by atoms with Crippen molar-refractivity contribution in [2.45, 2.75) is 25.9 Å². The first-order valence-electron chi connectivity index (χ1n) is 9.35. The molecule has 1 heterocycles. The van der Waals surface area contributed by atoms with Crippen molar-refractivity contribution in [2.24, 2.45) is 0 Å². The number of benzene rings is 2. The summed E-state index contributed by atoms with van der Waals surface area (Å²) in [5.41, 5.74) is 2.62. The average molecular weight is 382 g/mol. The lowest BCUT2D eigenvalue weighted by molar-refractivity contribution is -0.128. The second-order valence-electron chi connectivity index (χ2n) is 6.97. The average Bonchev–Trinajstić information content (AvgIpc) is 3.12. The summed E-state index contributed by atoms with van der Waals surface area (Å²) in [6.07, 6.45) is 1.56. The molecule has 0 bridgehead atoms. The fraction of sp³-hybridized carbons (Fsp3) is 0.364. The van der Waals surface area contributed by atoms with E-state index < -0.39 is 0 Å². The molecule has 2 aromatic carbocycles. The third kappa shape index (κ3) is 4.44. The molecule has 0 atom stereocenters. The van der Waals surface area contributed by atoms with Gasteiger partial charge in [0.05, 0.1) is 14.2 Å². The standard InChI is InChI=1S/C22H26N2O4/c1-23(14-17-8-11-19(27-2)20(13-17)28-3)22(26)18-9-6-16(7-10-18)15-24-12-4-5-21(24)25/h6-11,13H,4-5,12,14-15H2,1-3H3. The van der Waals surface area contributed by atoms with E-state index in [2.05, 4.69) is 0 Å². The molecule has 1 fully saturated rings. The second-order valence-corrected chi connectivity index (χ2v) is 6.97. The minimum Gasteiger partial charge on any atom is -0.493 e. The van der Waals surface area contributed by atoms with Gasteiger partial charge in [-0.1, -0.05) is 18.2 Å². The van der Waals surface area contributed by atoms with Gasteiger partial charge in [0.15, 0.2) is 11.5 Å². The normalized spacial score (nSPS) is 13.5. The Bertz CT molecular complexity index is 848. The molecular weight excluding hydrogens is 356 g/mol. The molecule has 2 amide bonds. The first-order chi connectivity index (χ1) is 13.5. The largest absolute Gasteiger partial charge is 0.493 e. The highest BCUT2D eigenvalue weighted by atomic mass is 16.5. The van der Waals surface area contributed by atoms with Gasteiger partial charge in [0.1, 0.15) is 0 Å². The third-order valence-corrected chi connectivity index (χ3v) is 4.96. The Morgan fingerprint density at radius 1 is 1.04 bits per heavy atom. The molecule has 148 valence electrons. The number of hydrogen-bond donors (Lipinski definition) is 0. The van der Waals surface area contributed by atoms with Crippen LogP contribution in [0.2, 0.25) is 0 Å². The number of hydrogen-bond acceptors (Lipinski definition) is 4. The molecule has 2 aromatic rings. The molecular formula is C22H26N2O4. The van der Waals surface area contributed by atoms with Crippen LogP contribution in [0.15, 0.2) is 42.5 Å². The Balaban J connectivity index is 1.63. The van der Waals surface area contributed by atoms with E-state index in [0.29, 0.717) is 36.6 Å². The van der Waals surface area contributed by atoms with E-state index in [1.54, 1.807) is 26.2 Å². The van der Waals surface area contributed by atoms with E-state index in [9.17, 15) is 9.59 Å². The lowest BCUT2D eigenvalue weighted by Crippen LogP contribution is -2.26. The van der Waals surface area contributed by atoms with Crippen LogP contribution < -0.4 is 9.47 Å². The fourth-order valence-corrected chi connectivity index (χ4v) is 3.39. The number of carbonyl (C=O) groups is 2. The predicted molar refractivity (Wildman–Crippen MR) is 106 cm³/mol. The Labute approximate surface area is 165 Å². The zero-order valence-electron chi connectivity index (χ0n) is 16.6. The molecule has 6 nitrogen and oxygen atoms in total. The van der Waals surface area contributed by atoms with Crippen LogP contribution in [0.5, 0.6) is 11.5 Å². The van der Waals surface area contributed by atoms with Gasteiger partial charge in [-0.25, -0.2) is 0 Å². The Morgan fingerprint density at radius 3 is 2.32 bits per heavy atom. The SMILES string of the molecule is COc1ccc(CN(C)C(=O)c2ccc(CN3CCCC3=O)cc2)cc1OC. The maximum Gasteiger partial charge on any atom is 0.253 e. The maximum atomic E-state index is 12.7. The summed E-state index contributed by atoms with van der Waals surface area (Å²) >= 11 is 0. The summed E-state index contributed by atoms with van der Waals surface area (Å²) in [5, 5.41) is 0. The maximum absolute atomic E-state index is 12.7. The molecule has 0 aliphatic carbocycles. The van der Waals surface area contributed by atoms with Gasteiger partial charge < -0.3 is 19.3 Å². The molecule has 0 radical (unpaired) electrons. The van der Waals surface area contributed by atoms with E-state index in [0.717, 1.165) is 24.1 Å². The van der Waals surface area contributed by atoms with Crippen LogP contribution in [0.3, 0.4) is 0 Å². The molecule has 0 unspecified atom stereocenters. The molecule has 0 saturated carbocycles. The van der Waals surface area contributed by atoms with Crippen LogP contribution in [0.4, 0.5) is 0 Å². The van der Waals surface area contributed by atoms with E-state index >= 15 is 0 Å². The Kier molecular flexibility index (Phi) is 6.19. The van der Waals surface area contributed by atoms with Crippen molar-refractivity contribution in [2.75, 3.05) is 27.8 Å². The third-order valence-electron chi connectivity index (χ3n) is 4.96. The lowest BCUT2D eigenvalue weighted by Gasteiger charge is -2.19. The summed E-state index contributed by atoms with van der Waals surface area (Å²) in [5.74, 6) is 1.45. The van der Waals surface area contributed by atoms with Gasteiger partial charge in [-0.2, -0.15) is 0 Å². The van der Waals surface area contributed by atoms with Crippen molar-refractivity contribution < 1.29 is 19.1 Å². The summed E-state index contributed by atoms with van der Waals surface area (Å²) in [4.78, 5) is 28.0. The minimum atomic E-state index is -0.0569. The molecule has 1 saturated heterocycles. The summed E-state index contributed by atoms with van der Waals surface area (Å²) in [6, 6.07) is 13.1. The van der Waals surface area contributed by atoms with Crippen LogP contribution >= 0.6 is 0 Å². The highest BCUT2D eigenvalue weighted by Gasteiger charge is 2.20. The summed E-state index contributed by atoms with van der Waals surface area (Å²) < 4.78 is 10.6. The van der Waals surface area contributed by atoms with E-state index in [-0.39, 0.29) is 11.8 Å². The van der Waals surface area contributed by atoms with E-state index in [1.165, 1.54) is 0 Å². The van der Waals surface area contributed by atoms with Gasteiger partial charge in [-0.3, -0.25) is 9.59 Å². The monoisotopic (exact) mass is 382 g/mol. The van der Waals surface area contributed by atoms with Crippen LogP contribution in [0.25, 0.3) is 0 Å². The van der Waals surface area contributed by atoms with Gasteiger partial charge in [0.25, 0.3) is 5.91 Å². The number of nitrogens with zero attached hydrogens (tertiary/aromatic N) is 2. The van der Waals surface area contributed by atoms with Gasteiger partial charge in [0, 0.05) is 38.7 Å². The number of carbonyl (C=O) groups excluding carboxylic acids is 2. The van der Waals surface area contributed by atoms with Crippen molar-refractivity contribution in [1.82, 2.24) is 9.80 Å². The van der Waals surface area contributed by atoms with Gasteiger partial charge in [0.2, 0.25) is 5.91 Å². The second kappa shape index (κ2) is 8.78. The fourth-order valence-electron chi connectivity index (χ4n) is 3.39. The molecule has 1 aliphatic rings. The lowest BCUT2D eigenvalue weighted by atomic mass is 10.1. The van der Waals surface area contributed by atoms with Gasteiger partial charge in [-0.15, -0.1) is 0 Å². The molecule has 0 spiro atoms. The van der Waals surface area contributed by atoms with Crippen molar-refractivity contribution in [1.29, 1.82) is 0 Å². The van der Waals surface area contributed by atoms with Gasteiger partial charge >= 0.3 is 0 Å². The number of amides is 2. The molecule has 0 aromatic heterocycles. The highest BCUT2D eigenvalue weighted by molar-refractivity contribution is 5.94. The first-order valence-corrected chi connectivity index (χ1v) is 9.35. The zero-order chi connectivity index (χ0) is 20.1. The number of methoxy groups -OCH3 is 2. The van der Waals surface area contributed by atoms with E-state index in [1.807, 2.05) is 47.4 Å². The molecule has 1 aliphatic heterocycles. The number of likely N-dealkylation sites (tertiary alicyclic amines) is 1. The summed E-state index contributed by atoms with van der Waals surface area (Å²) in [6.45, 7) is 1.88. The quantitative estimate of drug-likeness (QED) is 0.738. The molecule has 6 heteroatoms. The highest BCUT2D eigenvalue weighted by Crippen LogP contribution is 2.28. The first kappa shape index (κ1) is 19.7. The molecule has 28 heavy (non-hydrogen) atoms. The van der Waals surface area contributed by atoms with E-state index in [4.69, 9.17) is 9.47 Å². The zero-order valence-corrected chi connectivity index (χ0v) is 16.6. The smallest absolute Gasteiger partial charge is 0.253 e. The van der Waals surface area contributed by atoms with Crippen molar-refractivity contribution in [3.63, 3.8) is 0 Å². The predicted octanol–water partition coefficient (Wildman–Crippen LogP) is 3.10. The van der Waals surface area contributed by atoms with Gasteiger partial charge in [-0.05, 0) is 41.8 Å². The van der Waals surface area contributed by atoms with Crippen LogP contribution in [0, 0.1) is 0 Å². The Hall–Kier alpha value is -3.02.